The van der Waals surface area contributed by atoms with E-state index in [0.717, 1.165) is 13.1 Å². The highest BCUT2D eigenvalue weighted by Crippen LogP contribution is 2.22. The van der Waals surface area contributed by atoms with Crippen molar-refractivity contribution in [3.05, 3.63) is 30.1 Å². The van der Waals surface area contributed by atoms with E-state index in [1.54, 1.807) is 0 Å². The summed E-state index contributed by atoms with van der Waals surface area (Å²) in [7, 11) is 2.18. The van der Waals surface area contributed by atoms with Gasteiger partial charge in [0.2, 0.25) is 0 Å². The minimum Gasteiger partial charge on any atom is -0.329 e. The second-order valence-electron chi connectivity index (χ2n) is 5.40. The number of hydrogen-bond donors (Lipinski definition) is 1. The van der Waals surface area contributed by atoms with Gasteiger partial charge in [0.1, 0.15) is 0 Å². The number of aromatic nitrogens is 1. The van der Waals surface area contributed by atoms with Gasteiger partial charge < -0.3 is 5.73 Å². The first-order chi connectivity index (χ1) is 9.26. The van der Waals surface area contributed by atoms with Gasteiger partial charge >= 0.3 is 0 Å². The van der Waals surface area contributed by atoms with Crippen molar-refractivity contribution in [2.75, 3.05) is 33.2 Å². The Morgan fingerprint density at radius 2 is 2.21 bits per heavy atom. The summed E-state index contributed by atoms with van der Waals surface area (Å²) in [6.07, 6.45) is 6.33. The molecule has 2 atom stereocenters. The molecule has 1 aromatic rings. The molecule has 106 valence electrons. The molecule has 19 heavy (non-hydrogen) atoms. The van der Waals surface area contributed by atoms with Crippen molar-refractivity contribution in [2.45, 2.75) is 31.8 Å². The molecule has 1 fully saturated rings. The standard InChI is InChI=1S/C15H26N4/c1-3-19-10-4-5-14(19)12-18(2)15(11-16)13-6-8-17-9-7-13/h6-9,14-15H,3-5,10-12,16H2,1-2H3. The Morgan fingerprint density at radius 3 is 2.84 bits per heavy atom. The average Bonchev–Trinajstić information content (AvgIpc) is 2.88. The van der Waals surface area contributed by atoms with Crippen molar-refractivity contribution >= 4 is 0 Å². The van der Waals surface area contributed by atoms with Gasteiger partial charge in [-0.15, -0.1) is 0 Å². The van der Waals surface area contributed by atoms with Crippen molar-refractivity contribution < 1.29 is 0 Å². The molecule has 0 aliphatic carbocycles. The number of nitrogens with two attached hydrogens (primary N) is 1. The fourth-order valence-electron chi connectivity index (χ4n) is 3.13. The molecule has 0 bridgehead atoms. The highest BCUT2D eigenvalue weighted by atomic mass is 15.2. The Balaban J connectivity index is 1.99. The average molecular weight is 262 g/mol. The predicted octanol–water partition coefficient (Wildman–Crippen LogP) is 1.50. The van der Waals surface area contributed by atoms with Crippen LogP contribution in [-0.4, -0.2) is 54.1 Å². The van der Waals surface area contributed by atoms with Gasteiger partial charge in [0.25, 0.3) is 0 Å². The highest BCUT2D eigenvalue weighted by molar-refractivity contribution is 5.15. The molecule has 2 rings (SSSR count). The Hall–Kier alpha value is -0.970. The quantitative estimate of drug-likeness (QED) is 0.844. The lowest BCUT2D eigenvalue weighted by molar-refractivity contribution is 0.166. The SMILES string of the molecule is CCN1CCCC1CN(C)C(CN)c1ccncc1. The number of rotatable bonds is 6. The van der Waals surface area contributed by atoms with Gasteiger partial charge in [-0.1, -0.05) is 6.92 Å². The molecule has 2 N–H and O–H groups in total. The van der Waals surface area contributed by atoms with Crippen molar-refractivity contribution in [1.82, 2.24) is 14.8 Å². The molecular formula is C15H26N4. The lowest BCUT2D eigenvalue weighted by Crippen LogP contribution is -2.41. The van der Waals surface area contributed by atoms with Gasteiger partial charge in [-0.25, -0.2) is 0 Å². The van der Waals surface area contributed by atoms with Gasteiger partial charge in [0, 0.05) is 37.6 Å². The minimum absolute atomic E-state index is 0.294. The molecule has 1 aliphatic heterocycles. The van der Waals surface area contributed by atoms with E-state index in [9.17, 15) is 0 Å². The van der Waals surface area contributed by atoms with Crippen molar-refractivity contribution in [3.8, 4) is 0 Å². The summed E-state index contributed by atoms with van der Waals surface area (Å²) >= 11 is 0. The molecule has 0 amide bonds. The van der Waals surface area contributed by atoms with Crippen LogP contribution in [0.5, 0.6) is 0 Å². The summed E-state index contributed by atoms with van der Waals surface area (Å²) in [5.74, 6) is 0. The first kappa shape index (κ1) is 14.4. The molecule has 1 aliphatic rings. The van der Waals surface area contributed by atoms with Crippen LogP contribution in [0.25, 0.3) is 0 Å². The van der Waals surface area contributed by atoms with E-state index in [1.807, 2.05) is 12.4 Å². The van der Waals surface area contributed by atoms with Crippen LogP contribution < -0.4 is 5.73 Å². The Bertz CT molecular complexity index is 368. The molecule has 4 heteroatoms. The lowest BCUT2D eigenvalue weighted by atomic mass is 10.1. The molecule has 1 saturated heterocycles. The van der Waals surface area contributed by atoms with E-state index in [0.29, 0.717) is 18.6 Å². The second-order valence-corrected chi connectivity index (χ2v) is 5.40. The normalized spacial score (nSPS) is 22.0. The van der Waals surface area contributed by atoms with Crippen molar-refractivity contribution in [3.63, 3.8) is 0 Å². The molecular weight excluding hydrogens is 236 g/mol. The van der Waals surface area contributed by atoms with Gasteiger partial charge in [-0.05, 0) is 50.7 Å². The van der Waals surface area contributed by atoms with E-state index >= 15 is 0 Å². The zero-order chi connectivity index (χ0) is 13.7. The summed E-state index contributed by atoms with van der Waals surface area (Å²) in [5.41, 5.74) is 7.24. The zero-order valence-corrected chi connectivity index (χ0v) is 12.1. The second kappa shape index (κ2) is 6.98. The van der Waals surface area contributed by atoms with Gasteiger partial charge in [0.05, 0.1) is 0 Å². The van der Waals surface area contributed by atoms with E-state index in [4.69, 9.17) is 5.73 Å². The molecule has 2 unspecified atom stereocenters. The summed E-state index contributed by atoms with van der Waals surface area (Å²) < 4.78 is 0. The van der Waals surface area contributed by atoms with Crippen LogP contribution in [0.3, 0.4) is 0 Å². The molecule has 0 aromatic carbocycles. The number of pyridine rings is 1. The topological polar surface area (TPSA) is 45.4 Å². The third-order valence-corrected chi connectivity index (χ3v) is 4.25. The monoisotopic (exact) mass is 262 g/mol. The largest absolute Gasteiger partial charge is 0.329 e. The molecule has 2 heterocycles. The number of likely N-dealkylation sites (tertiary alicyclic amines) is 1. The van der Waals surface area contributed by atoms with Gasteiger partial charge in [-0.3, -0.25) is 14.8 Å². The highest BCUT2D eigenvalue weighted by Gasteiger charge is 2.26. The Kier molecular flexibility index (Phi) is 5.31. The smallest absolute Gasteiger partial charge is 0.0469 e. The Labute approximate surface area is 116 Å². The van der Waals surface area contributed by atoms with E-state index in [1.165, 1.54) is 24.9 Å². The summed E-state index contributed by atoms with van der Waals surface area (Å²) in [6, 6.07) is 5.12. The zero-order valence-electron chi connectivity index (χ0n) is 12.1. The van der Waals surface area contributed by atoms with Crippen LogP contribution >= 0.6 is 0 Å². The summed E-state index contributed by atoms with van der Waals surface area (Å²) in [4.78, 5) is 9.06. The van der Waals surface area contributed by atoms with E-state index in [2.05, 4.69) is 40.9 Å². The minimum atomic E-state index is 0.294. The predicted molar refractivity (Wildman–Crippen MR) is 78.9 cm³/mol. The van der Waals surface area contributed by atoms with Crippen LogP contribution in [0.4, 0.5) is 0 Å². The van der Waals surface area contributed by atoms with Crippen LogP contribution in [0.1, 0.15) is 31.4 Å². The first-order valence-corrected chi connectivity index (χ1v) is 7.30. The maximum Gasteiger partial charge on any atom is 0.0469 e. The molecule has 1 aromatic heterocycles. The van der Waals surface area contributed by atoms with Crippen LogP contribution in [0.2, 0.25) is 0 Å². The maximum absolute atomic E-state index is 5.97. The first-order valence-electron chi connectivity index (χ1n) is 7.30. The number of hydrogen-bond acceptors (Lipinski definition) is 4. The van der Waals surface area contributed by atoms with Gasteiger partial charge in [0.15, 0.2) is 0 Å². The fourth-order valence-corrected chi connectivity index (χ4v) is 3.13. The molecule has 4 nitrogen and oxygen atoms in total. The van der Waals surface area contributed by atoms with Crippen LogP contribution in [0, 0.1) is 0 Å². The molecule has 0 spiro atoms. The molecule has 0 saturated carbocycles. The van der Waals surface area contributed by atoms with E-state index < -0.39 is 0 Å². The van der Waals surface area contributed by atoms with Crippen LogP contribution in [-0.2, 0) is 0 Å². The maximum atomic E-state index is 5.97. The van der Waals surface area contributed by atoms with Gasteiger partial charge in [-0.2, -0.15) is 0 Å². The van der Waals surface area contributed by atoms with Crippen LogP contribution in [0.15, 0.2) is 24.5 Å². The van der Waals surface area contributed by atoms with Crippen molar-refractivity contribution in [2.24, 2.45) is 5.73 Å². The summed E-state index contributed by atoms with van der Waals surface area (Å²) in [5, 5.41) is 0. The third-order valence-electron chi connectivity index (χ3n) is 4.25. The number of nitrogens with zero attached hydrogens (tertiary/aromatic N) is 3. The lowest BCUT2D eigenvalue weighted by Gasteiger charge is -2.32. The Morgan fingerprint density at radius 1 is 1.47 bits per heavy atom. The number of likely N-dealkylation sites (N-methyl/N-ethyl adjacent to an activating group) is 2. The third kappa shape index (κ3) is 3.53. The summed E-state index contributed by atoms with van der Waals surface area (Å²) in [6.45, 7) is 6.40. The molecule has 0 radical (unpaired) electrons. The van der Waals surface area contributed by atoms with Crippen molar-refractivity contribution in [1.29, 1.82) is 0 Å². The fraction of sp³-hybridized carbons (Fsp3) is 0.667. The van der Waals surface area contributed by atoms with E-state index in [-0.39, 0.29) is 0 Å².